The molecule has 0 radical (unpaired) electrons. The summed E-state index contributed by atoms with van der Waals surface area (Å²) >= 11 is 6.62. The molecule has 62 heavy (non-hydrogen) atoms. The van der Waals surface area contributed by atoms with Crippen LogP contribution in [0.3, 0.4) is 0 Å². The van der Waals surface area contributed by atoms with Gasteiger partial charge in [-0.2, -0.15) is 0 Å². The first-order chi connectivity index (χ1) is 28.9. The Morgan fingerprint density at radius 2 is 0.984 bits per heavy atom. The molecule has 3 fully saturated rings. The molecule has 9 rings (SSSR count). The molecule has 3 aliphatic heterocycles. The molecule has 0 atom stereocenters. The van der Waals surface area contributed by atoms with Crippen molar-refractivity contribution in [2.75, 3.05) is 36.0 Å². The molecule has 3 saturated heterocycles. The number of anilines is 2. The second kappa shape index (κ2) is 17.5. The van der Waals surface area contributed by atoms with Crippen molar-refractivity contribution in [1.29, 1.82) is 0 Å². The summed E-state index contributed by atoms with van der Waals surface area (Å²) < 4.78 is 13.4. The Balaban J connectivity index is 0.000000147. The predicted octanol–water partition coefficient (Wildman–Crippen LogP) is 11.7. The Morgan fingerprint density at radius 3 is 1.45 bits per heavy atom. The maximum absolute atomic E-state index is 11.5. The van der Waals surface area contributed by atoms with Crippen molar-refractivity contribution in [3.8, 4) is 11.3 Å². The predicted molar refractivity (Wildman–Crippen MR) is 263 cm³/mol. The molecule has 334 valence electrons. The van der Waals surface area contributed by atoms with Crippen LogP contribution in [0.1, 0.15) is 157 Å². The number of nitrogens with zero attached hydrogens (tertiary/aromatic N) is 4. The average molecular weight is 944 g/mol. The Hall–Kier alpha value is -2.90. The molecule has 2 aromatic heterocycles. The maximum Gasteiger partial charge on any atom is 0.494 e. The summed E-state index contributed by atoms with van der Waals surface area (Å²) in [4.78, 5) is 36.1. The van der Waals surface area contributed by atoms with Gasteiger partial charge >= 0.3 is 7.12 Å². The molecule has 0 N–H and O–H groups in total. The largest absolute Gasteiger partial charge is 0.494 e. The molecule has 8 nitrogen and oxygen atoms in total. The molecule has 12 heteroatoms. The third-order valence-electron chi connectivity index (χ3n) is 14.7. The standard InChI is InChI=1S/C22H28N2OS.C20H31BO2.C8H9BrN2OS/c1-21(2)9-10-22(3,4)18-13-15(5-6-17(18)21)19-14-26-20(23-19)24-11-7-16(25)8-12-24;1-17(2)11-12-18(3,4)16-13-14(9-10-15(16)17)21-22-19(5,6)20(7,8)23-21;9-7-5-13-8(10-7)11-3-1-6(12)2-4-11/h5-6,13-14H,7-12H2,1-4H3;9-10,13H,11-12H2,1-8H3;5H,1-4H2. The number of carbonyl (C=O) groups excluding carboxylic acids is 2. The van der Waals surface area contributed by atoms with E-state index in [1.54, 1.807) is 22.7 Å². The van der Waals surface area contributed by atoms with Crippen LogP contribution >= 0.6 is 38.6 Å². The number of rotatable bonds is 4. The van der Waals surface area contributed by atoms with Crippen molar-refractivity contribution < 1.29 is 18.9 Å². The second-order valence-electron chi connectivity index (χ2n) is 21.7. The number of fused-ring (bicyclic) bond motifs is 2. The van der Waals surface area contributed by atoms with Crippen LogP contribution in [0.15, 0.2) is 51.8 Å². The zero-order valence-electron chi connectivity index (χ0n) is 39.3. The van der Waals surface area contributed by atoms with Crippen LogP contribution < -0.4 is 15.3 Å². The number of carbonyl (C=O) groups is 2. The molecule has 0 amide bonds. The van der Waals surface area contributed by atoms with E-state index in [0.717, 1.165) is 52.2 Å². The molecule has 0 spiro atoms. The summed E-state index contributed by atoms with van der Waals surface area (Å²) in [5.74, 6) is 0.740. The third kappa shape index (κ3) is 10.00. The van der Waals surface area contributed by atoms with E-state index in [1.807, 2.05) is 5.38 Å². The van der Waals surface area contributed by atoms with Gasteiger partial charge in [0.25, 0.3) is 0 Å². The van der Waals surface area contributed by atoms with Gasteiger partial charge in [-0.15, -0.1) is 22.7 Å². The van der Waals surface area contributed by atoms with Gasteiger partial charge in [0.05, 0.1) is 16.9 Å². The minimum absolute atomic E-state index is 0.213. The molecule has 0 unspecified atom stereocenters. The summed E-state index contributed by atoms with van der Waals surface area (Å²) in [7, 11) is -0.272. The molecule has 2 aliphatic carbocycles. The van der Waals surface area contributed by atoms with Gasteiger partial charge in [-0.25, -0.2) is 9.97 Å². The van der Waals surface area contributed by atoms with Crippen LogP contribution in [-0.2, 0) is 40.6 Å². The van der Waals surface area contributed by atoms with Crippen molar-refractivity contribution in [3.05, 3.63) is 74.0 Å². The Kier molecular flexibility index (Phi) is 13.3. The fraction of sp³-hybridized carbons (Fsp3) is 0.600. The van der Waals surface area contributed by atoms with E-state index in [-0.39, 0.29) is 40.0 Å². The van der Waals surface area contributed by atoms with E-state index in [0.29, 0.717) is 37.2 Å². The van der Waals surface area contributed by atoms with E-state index in [2.05, 4.69) is 156 Å². The zero-order chi connectivity index (χ0) is 45.0. The second-order valence-corrected chi connectivity index (χ2v) is 24.2. The Bertz CT molecular complexity index is 2260. The highest BCUT2D eigenvalue weighted by molar-refractivity contribution is 9.10. The summed E-state index contributed by atoms with van der Waals surface area (Å²) in [6.45, 7) is 30.6. The molecular weight excluding hydrogens is 875 g/mol. The molecular formula is C50H68BBrN4O4S2. The van der Waals surface area contributed by atoms with E-state index in [9.17, 15) is 9.59 Å². The third-order valence-corrected chi connectivity index (χ3v) is 17.2. The monoisotopic (exact) mass is 942 g/mol. The first-order valence-electron chi connectivity index (χ1n) is 22.6. The summed E-state index contributed by atoms with van der Waals surface area (Å²) in [5, 5.41) is 6.18. The van der Waals surface area contributed by atoms with Gasteiger partial charge in [-0.1, -0.05) is 85.7 Å². The molecule has 5 aliphatic rings. The number of ketones is 2. The Labute approximate surface area is 388 Å². The fourth-order valence-electron chi connectivity index (χ4n) is 9.31. The number of hydrogen-bond donors (Lipinski definition) is 0. The van der Waals surface area contributed by atoms with Crippen LogP contribution in [0.25, 0.3) is 11.3 Å². The fourth-order valence-corrected chi connectivity index (χ4v) is 11.5. The quantitative estimate of drug-likeness (QED) is 0.187. The summed E-state index contributed by atoms with van der Waals surface area (Å²) in [5.41, 5.74) is 9.67. The number of benzene rings is 2. The van der Waals surface area contributed by atoms with Crippen LogP contribution in [0.5, 0.6) is 0 Å². The zero-order valence-corrected chi connectivity index (χ0v) is 42.5. The highest BCUT2D eigenvalue weighted by atomic mass is 79.9. The molecule has 4 aromatic rings. The van der Waals surface area contributed by atoms with E-state index in [1.165, 1.54) is 53.5 Å². The van der Waals surface area contributed by atoms with Gasteiger partial charge in [-0.3, -0.25) is 9.59 Å². The van der Waals surface area contributed by atoms with Crippen molar-refractivity contribution >= 4 is 73.0 Å². The summed E-state index contributed by atoms with van der Waals surface area (Å²) in [6.07, 6.45) is 7.55. The van der Waals surface area contributed by atoms with Gasteiger partial charge in [0.2, 0.25) is 0 Å². The van der Waals surface area contributed by atoms with E-state index >= 15 is 0 Å². The first-order valence-corrected chi connectivity index (χ1v) is 25.2. The van der Waals surface area contributed by atoms with Crippen molar-refractivity contribution in [1.82, 2.24) is 9.97 Å². The van der Waals surface area contributed by atoms with Crippen molar-refractivity contribution in [2.24, 2.45) is 0 Å². The van der Waals surface area contributed by atoms with Gasteiger partial charge < -0.3 is 19.1 Å². The Morgan fingerprint density at radius 1 is 0.565 bits per heavy atom. The number of aromatic nitrogens is 2. The number of halogens is 1. The van der Waals surface area contributed by atoms with E-state index < -0.39 is 0 Å². The number of Topliss-reactive ketones (excluding diaryl/α,β-unsaturated/α-hetero) is 2. The van der Waals surface area contributed by atoms with Crippen LogP contribution in [0.4, 0.5) is 10.3 Å². The SMILES string of the molecule is CC1(C)CCC(C)(C)c2cc(-c3csc(N4CCC(=O)CC4)n3)ccc21.CC1(C)CCC(C)(C)c2cc(B3OC(C)(C)C(C)(C)O3)ccc21.O=C1CCN(c2nc(Br)cs2)CC1. The van der Waals surface area contributed by atoms with Gasteiger partial charge in [-0.05, 0) is 125 Å². The lowest BCUT2D eigenvalue weighted by atomic mass is 9.61. The topological polar surface area (TPSA) is 84.9 Å². The van der Waals surface area contributed by atoms with Gasteiger partial charge in [0, 0.05) is 68.2 Å². The minimum Gasteiger partial charge on any atom is -0.399 e. The number of piperidine rings is 2. The van der Waals surface area contributed by atoms with E-state index in [4.69, 9.17) is 14.3 Å². The molecule has 5 heterocycles. The number of thiazole rings is 2. The normalized spacial score (nSPS) is 22.8. The summed E-state index contributed by atoms with van der Waals surface area (Å²) in [6, 6.07) is 13.8. The van der Waals surface area contributed by atoms with Crippen molar-refractivity contribution in [3.63, 3.8) is 0 Å². The first kappa shape index (κ1) is 47.1. The molecule has 0 saturated carbocycles. The van der Waals surface area contributed by atoms with Crippen molar-refractivity contribution in [2.45, 2.75) is 167 Å². The lowest BCUT2D eigenvalue weighted by Crippen LogP contribution is -2.41. The highest BCUT2D eigenvalue weighted by Crippen LogP contribution is 2.48. The maximum atomic E-state index is 11.5. The molecule has 2 aromatic carbocycles. The number of hydrogen-bond acceptors (Lipinski definition) is 10. The molecule has 0 bridgehead atoms. The van der Waals surface area contributed by atoms with Crippen LogP contribution in [0.2, 0.25) is 0 Å². The minimum atomic E-state index is -0.289. The van der Waals surface area contributed by atoms with Gasteiger partial charge in [0.15, 0.2) is 10.3 Å². The van der Waals surface area contributed by atoms with Crippen LogP contribution in [-0.4, -0.2) is 66.0 Å². The smallest absolute Gasteiger partial charge is 0.399 e. The van der Waals surface area contributed by atoms with Crippen LogP contribution in [0, 0.1) is 0 Å². The highest BCUT2D eigenvalue weighted by Gasteiger charge is 2.52. The average Bonchev–Trinajstić information content (AvgIpc) is 3.94. The van der Waals surface area contributed by atoms with Gasteiger partial charge in [0.1, 0.15) is 16.2 Å². The lowest BCUT2D eigenvalue weighted by molar-refractivity contribution is -0.120. The lowest BCUT2D eigenvalue weighted by Gasteiger charge is -2.42.